The lowest BCUT2D eigenvalue weighted by Crippen LogP contribution is -2.25. The second-order valence-electron chi connectivity index (χ2n) is 3.79. The minimum Gasteiger partial charge on any atom is -0.497 e. The number of nitrogens with one attached hydrogen (secondary N) is 1. The van der Waals surface area contributed by atoms with Crippen molar-refractivity contribution in [1.82, 2.24) is 0 Å². The van der Waals surface area contributed by atoms with Gasteiger partial charge in [-0.1, -0.05) is 6.92 Å². The number of nitrogens with two attached hydrogens (primary N) is 1. The van der Waals surface area contributed by atoms with E-state index < -0.39 is 11.8 Å². The van der Waals surface area contributed by atoms with Gasteiger partial charge in [0, 0.05) is 18.0 Å². The van der Waals surface area contributed by atoms with Gasteiger partial charge in [-0.25, -0.2) is 0 Å². The molecule has 2 amide bonds. The molecule has 0 saturated carbocycles. The summed E-state index contributed by atoms with van der Waals surface area (Å²) in [4.78, 5) is 22.3. The molecule has 0 spiro atoms. The molecule has 1 aromatic carbocycles. The molecule has 5 heteroatoms. The fourth-order valence-corrected chi connectivity index (χ4v) is 1.33. The molecule has 0 aliphatic heterocycles. The SMILES string of the molecule is COc1ccc(NC(=O)C(C)CC(N)=O)cc1. The molecule has 1 aromatic rings. The summed E-state index contributed by atoms with van der Waals surface area (Å²) < 4.78 is 5.00. The third-order valence-electron chi connectivity index (χ3n) is 2.31. The Hall–Kier alpha value is -2.04. The van der Waals surface area contributed by atoms with Gasteiger partial charge < -0.3 is 15.8 Å². The van der Waals surface area contributed by atoms with Gasteiger partial charge in [0.25, 0.3) is 0 Å². The fourth-order valence-electron chi connectivity index (χ4n) is 1.33. The lowest BCUT2D eigenvalue weighted by atomic mass is 10.1. The molecule has 0 radical (unpaired) electrons. The van der Waals surface area contributed by atoms with Gasteiger partial charge in [-0.3, -0.25) is 9.59 Å². The topological polar surface area (TPSA) is 81.4 Å². The molecule has 1 rings (SSSR count). The summed E-state index contributed by atoms with van der Waals surface area (Å²) in [5.41, 5.74) is 5.69. The molecule has 17 heavy (non-hydrogen) atoms. The summed E-state index contributed by atoms with van der Waals surface area (Å²) in [6, 6.07) is 6.95. The molecule has 0 fully saturated rings. The summed E-state index contributed by atoms with van der Waals surface area (Å²) in [7, 11) is 1.57. The van der Waals surface area contributed by atoms with Crippen molar-refractivity contribution in [2.24, 2.45) is 11.7 Å². The standard InChI is InChI=1S/C12H16N2O3/c1-8(7-11(13)15)12(16)14-9-3-5-10(17-2)6-4-9/h3-6,8H,7H2,1-2H3,(H2,13,15)(H,14,16). The van der Waals surface area contributed by atoms with Crippen LogP contribution in [0.25, 0.3) is 0 Å². The van der Waals surface area contributed by atoms with Gasteiger partial charge in [0.15, 0.2) is 0 Å². The molecule has 0 heterocycles. The maximum absolute atomic E-state index is 11.7. The van der Waals surface area contributed by atoms with E-state index in [0.29, 0.717) is 11.4 Å². The first-order chi connectivity index (χ1) is 8.02. The van der Waals surface area contributed by atoms with Crippen molar-refractivity contribution in [3.05, 3.63) is 24.3 Å². The molecule has 0 aliphatic rings. The highest BCUT2D eigenvalue weighted by Gasteiger charge is 2.15. The summed E-state index contributed by atoms with van der Waals surface area (Å²) in [5, 5.41) is 2.70. The fraction of sp³-hybridized carbons (Fsp3) is 0.333. The second-order valence-corrected chi connectivity index (χ2v) is 3.79. The van der Waals surface area contributed by atoms with Crippen molar-refractivity contribution in [2.75, 3.05) is 12.4 Å². The number of benzene rings is 1. The first-order valence-corrected chi connectivity index (χ1v) is 5.26. The Kier molecular flexibility index (Phi) is 4.51. The second kappa shape index (κ2) is 5.89. The Balaban J connectivity index is 2.58. The Bertz CT molecular complexity index is 401. The van der Waals surface area contributed by atoms with Crippen molar-refractivity contribution in [1.29, 1.82) is 0 Å². The summed E-state index contributed by atoms with van der Waals surface area (Å²) in [6.45, 7) is 1.66. The van der Waals surface area contributed by atoms with E-state index in [-0.39, 0.29) is 12.3 Å². The molecule has 0 aliphatic carbocycles. The van der Waals surface area contributed by atoms with Crippen LogP contribution >= 0.6 is 0 Å². The van der Waals surface area contributed by atoms with Crippen molar-refractivity contribution in [3.63, 3.8) is 0 Å². The molecular formula is C12H16N2O3. The van der Waals surface area contributed by atoms with Crippen LogP contribution in [0.2, 0.25) is 0 Å². The van der Waals surface area contributed by atoms with E-state index in [2.05, 4.69) is 5.32 Å². The van der Waals surface area contributed by atoms with Crippen LogP contribution < -0.4 is 15.8 Å². The molecule has 3 N–H and O–H groups in total. The third-order valence-corrected chi connectivity index (χ3v) is 2.31. The molecule has 5 nitrogen and oxygen atoms in total. The lowest BCUT2D eigenvalue weighted by molar-refractivity contribution is -0.125. The minimum atomic E-state index is -0.484. The van der Waals surface area contributed by atoms with Gasteiger partial charge >= 0.3 is 0 Å². The number of amides is 2. The van der Waals surface area contributed by atoms with E-state index in [1.54, 1.807) is 38.3 Å². The van der Waals surface area contributed by atoms with Crippen LogP contribution in [0.5, 0.6) is 5.75 Å². The Labute approximate surface area is 99.9 Å². The van der Waals surface area contributed by atoms with Gasteiger partial charge in [-0.15, -0.1) is 0 Å². The smallest absolute Gasteiger partial charge is 0.227 e. The predicted octanol–water partition coefficient (Wildman–Crippen LogP) is 1.15. The third kappa shape index (κ3) is 4.14. The Morgan fingerprint density at radius 1 is 1.35 bits per heavy atom. The number of rotatable bonds is 5. The number of carbonyl (C=O) groups is 2. The molecular weight excluding hydrogens is 220 g/mol. The van der Waals surface area contributed by atoms with E-state index >= 15 is 0 Å². The zero-order valence-corrected chi connectivity index (χ0v) is 9.90. The maximum atomic E-state index is 11.7. The van der Waals surface area contributed by atoms with Gasteiger partial charge in [-0.05, 0) is 24.3 Å². The number of ether oxygens (including phenoxy) is 1. The van der Waals surface area contributed by atoms with Gasteiger partial charge in [0.2, 0.25) is 11.8 Å². The van der Waals surface area contributed by atoms with Crippen LogP contribution in [0.3, 0.4) is 0 Å². The van der Waals surface area contributed by atoms with Crippen LogP contribution in [0.15, 0.2) is 24.3 Å². The van der Waals surface area contributed by atoms with Gasteiger partial charge in [-0.2, -0.15) is 0 Å². The number of hydrogen-bond acceptors (Lipinski definition) is 3. The number of carbonyl (C=O) groups excluding carboxylic acids is 2. The molecule has 0 saturated heterocycles. The molecule has 0 aromatic heterocycles. The number of primary amides is 1. The van der Waals surface area contributed by atoms with E-state index in [4.69, 9.17) is 10.5 Å². The Morgan fingerprint density at radius 3 is 2.41 bits per heavy atom. The van der Waals surface area contributed by atoms with Crippen molar-refractivity contribution in [3.8, 4) is 5.75 Å². The van der Waals surface area contributed by atoms with Gasteiger partial charge in [0.05, 0.1) is 7.11 Å². The van der Waals surface area contributed by atoms with Crippen LogP contribution in [0.4, 0.5) is 5.69 Å². The van der Waals surface area contributed by atoms with E-state index in [0.717, 1.165) is 0 Å². The van der Waals surface area contributed by atoms with Crippen molar-refractivity contribution < 1.29 is 14.3 Å². The zero-order valence-electron chi connectivity index (χ0n) is 9.90. The number of anilines is 1. The summed E-state index contributed by atoms with van der Waals surface area (Å²) in [5.74, 6) is -0.431. The average Bonchev–Trinajstić information content (AvgIpc) is 2.29. The Morgan fingerprint density at radius 2 is 1.94 bits per heavy atom. The summed E-state index contributed by atoms with van der Waals surface area (Å²) >= 11 is 0. The minimum absolute atomic E-state index is 0.0436. The highest BCUT2D eigenvalue weighted by atomic mass is 16.5. The largest absolute Gasteiger partial charge is 0.497 e. The average molecular weight is 236 g/mol. The zero-order chi connectivity index (χ0) is 12.8. The van der Waals surface area contributed by atoms with Crippen LogP contribution in [-0.4, -0.2) is 18.9 Å². The predicted molar refractivity (Wildman–Crippen MR) is 64.6 cm³/mol. The first kappa shape index (κ1) is 13.0. The van der Waals surface area contributed by atoms with E-state index in [1.807, 2.05) is 0 Å². The van der Waals surface area contributed by atoms with Crippen molar-refractivity contribution >= 4 is 17.5 Å². The first-order valence-electron chi connectivity index (χ1n) is 5.26. The van der Waals surface area contributed by atoms with Crippen molar-refractivity contribution in [2.45, 2.75) is 13.3 Å². The summed E-state index contributed by atoms with van der Waals surface area (Å²) in [6.07, 6.45) is 0.0436. The van der Waals surface area contributed by atoms with Crippen LogP contribution in [0.1, 0.15) is 13.3 Å². The highest BCUT2D eigenvalue weighted by Crippen LogP contribution is 2.16. The van der Waals surface area contributed by atoms with Crippen LogP contribution in [-0.2, 0) is 9.59 Å². The number of methoxy groups -OCH3 is 1. The van der Waals surface area contributed by atoms with Gasteiger partial charge in [0.1, 0.15) is 5.75 Å². The van der Waals surface area contributed by atoms with E-state index in [1.165, 1.54) is 0 Å². The quantitative estimate of drug-likeness (QED) is 0.804. The molecule has 1 unspecified atom stereocenters. The molecule has 92 valence electrons. The molecule has 0 bridgehead atoms. The normalized spacial score (nSPS) is 11.6. The lowest BCUT2D eigenvalue weighted by Gasteiger charge is -2.10. The monoisotopic (exact) mass is 236 g/mol. The van der Waals surface area contributed by atoms with E-state index in [9.17, 15) is 9.59 Å². The highest BCUT2D eigenvalue weighted by molar-refractivity contribution is 5.94. The van der Waals surface area contributed by atoms with Crippen LogP contribution in [0, 0.1) is 5.92 Å². The number of hydrogen-bond donors (Lipinski definition) is 2. The molecule has 1 atom stereocenters. The maximum Gasteiger partial charge on any atom is 0.227 e.